The van der Waals surface area contributed by atoms with Gasteiger partial charge < -0.3 is 19.7 Å². The van der Waals surface area contributed by atoms with Crippen LogP contribution in [-0.4, -0.2) is 55.7 Å². The largest absolute Gasteiger partial charge is 0.387 e. The molecule has 1 rings (SSSR count). The second kappa shape index (κ2) is 13.6. The fourth-order valence-electron chi connectivity index (χ4n) is 3.63. The molecule has 0 radical (unpaired) electrons. The molecule has 1 aromatic heterocycles. The first-order valence-electron chi connectivity index (χ1n) is 11.3. The molecule has 1 aromatic rings. The fourth-order valence-corrected chi connectivity index (χ4v) is 3.63. The second-order valence-electron chi connectivity index (χ2n) is 8.80. The van der Waals surface area contributed by atoms with Gasteiger partial charge in [0.05, 0.1) is 39.4 Å². The van der Waals surface area contributed by atoms with Crippen LogP contribution in [0.3, 0.4) is 0 Å². The number of anilines is 1. The highest BCUT2D eigenvalue weighted by Crippen LogP contribution is 2.13. The third kappa shape index (κ3) is 10.2. The van der Waals surface area contributed by atoms with Crippen molar-refractivity contribution in [2.24, 2.45) is 7.05 Å². The van der Waals surface area contributed by atoms with Crippen LogP contribution >= 0.6 is 0 Å². The molecule has 5 heteroatoms. The molecule has 28 heavy (non-hydrogen) atoms. The van der Waals surface area contributed by atoms with Gasteiger partial charge in [0, 0.05) is 20.3 Å². The average Bonchev–Trinajstić information content (AvgIpc) is 3.04. The van der Waals surface area contributed by atoms with E-state index >= 15 is 0 Å². The quantitative estimate of drug-likeness (QED) is 0.313. The van der Waals surface area contributed by atoms with Crippen molar-refractivity contribution in [1.29, 1.82) is 0 Å². The second-order valence-corrected chi connectivity index (χ2v) is 8.80. The Hall–Kier alpha value is -1.49. The van der Waals surface area contributed by atoms with Gasteiger partial charge in [0.15, 0.2) is 0 Å². The summed E-state index contributed by atoms with van der Waals surface area (Å²) in [7, 11) is 8.30. The van der Waals surface area contributed by atoms with E-state index in [9.17, 15) is 4.79 Å². The summed E-state index contributed by atoms with van der Waals surface area (Å²) in [5.41, 5.74) is 1.66. The Morgan fingerprint density at radius 3 is 2.07 bits per heavy atom. The lowest BCUT2D eigenvalue weighted by Crippen LogP contribution is -2.46. The normalized spacial score (nSPS) is 11.6. The molecule has 0 spiro atoms. The van der Waals surface area contributed by atoms with Crippen molar-refractivity contribution < 1.29 is 9.28 Å². The zero-order valence-corrected chi connectivity index (χ0v) is 19.1. The van der Waals surface area contributed by atoms with Crippen molar-refractivity contribution in [3.63, 3.8) is 0 Å². The van der Waals surface area contributed by atoms with E-state index in [2.05, 4.69) is 31.7 Å². The van der Waals surface area contributed by atoms with Crippen LogP contribution in [-0.2, 0) is 7.05 Å². The molecule has 1 amide bonds. The number of amides is 1. The molecule has 0 saturated carbocycles. The smallest absolute Gasteiger partial charge is 0.268 e. The maximum absolute atomic E-state index is 12.4. The van der Waals surface area contributed by atoms with E-state index in [1.54, 1.807) is 0 Å². The number of hydrogen-bond donors (Lipinski definition) is 2. The minimum Gasteiger partial charge on any atom is -0.387 e. The molecule has 0 aliphatic heterocycles. The van der Waals surface area contributed by atoms with Crippen LogP contribution in [0.15, 0.2) is 12.3 Å². The maximum atomic E-state index is 12.4. The molecule has 0 aliphatic carbocycles. The predicted molar refractivity (Wildman–Crippen MR) is 121 cm³/mol. The molecule has 5 nitrogen and oxygen atoms in total. The summed E-state index contributed by atoms with van der Waals surface area (Å²) in [4.78, 5) is 12.4. The number of likely N-dealkylation sites (N-methyl/N-ethyl adjacent to an activating group) is 1. The van der Waals surface area contributed by atoms with E-state index in [0.717, 1.165) is 16.7 Å². The SMILES string of the molecule is CCCCCCCCCCCC[N+](C)(C)CCNC(=O)c1cc(NC)cn1C. The van der Waals surface area contributed by atoms with Gasteiger partial charge in [-0.15, -0.1) is 0 Å². The Morgan fingerprint density at radius 1 is 0.964 bits per heavy atom. The molecule has 0 atom stereocenters. The van der Waals surface area contributed by atoms with E-state index in [1.165, 1.54) is 70.8 Å². The summed E-state index contributed by atoms with van der Waals surface area (Å²) in [5.74, 6) is 0.00272. The minimum atomic E-state index is 0.00272. The number of aromatic nitrogens is 1. The van der Waals surface area contributed by atoms with Gasteiger partial charge in [0.1, 0.15) is 5.69 Å². The first-order valence-corrected chi connectivity index (χ1v) is 11.3. The van der Waals surface area contributed by atoms with Gasteiger partial charge in [-0.05, 0) is 18.9 Å². The molecule has 0 aromatic carbocycles. The van der Waals surface area contributed by atoms with Crippen LogP contribution in [0.25, 0.3) is 0 Å². The van der Waals surface area contributed by atoms with Gasteiger partial charge >= 0.3 is 0 Å². The number of aryl methyl sites for hydroxylation is 1. The molecule has 2 N–H and O–H groups in total. The molecular weight excluding hydrogens is 348 g/mol. The summed E-state index contributed by atoms with van der Waals surface area (Å²) < 4.78 is 2.83. The molecule has 0 bridgehead atoms. The van der Waals surface area contributed by atoms with Gasteiger partial charge in [0.25, 0.3) is 5.91 Å². The Morgan fingerprint density at radius 2 is 1.54 bits per heavy atom. The number of nitrogens with one attached hydrogen (secondary N) is 2. The van der Waals surface area contributed by atoms with Crippen molar-refractivity contribution in [2.75, 3.05) is 46.1 Å². The Labute approximate surface area is 173 Å². The highest BCUT2D eigenvalue weighted by Gasteiger charge is 2.16. The van der Waals surface area contributed by atoms with Crippen LogP contribution in [0, 0.1) is 0 Å². The van der Waals surface area contributed by atoms with E-state index < -0.39 is 0 Å². The van der Waals surface area contributed by atoms with Crippen LogP contribution in [0.5, 0.6) is 0 Å². The zero-order chi connectivity index (χ0) is 20.8. The number of unbranched alkanes of at least 4 members (excludes halogenated alkanes) is 9. The highest BCUT2D eigenvalue weighted by molar-refractivity contribution is 5.93. The lowest BCUT2D eigenvalue weighted by Gasteiger charge is -2.30. The summed E-state index contributed by atoms with van der Waals surface area (Å²) in [5, 5.41) is 6.14. The van der Waals surface area contributed by atoms with E-state index in [-0.39, 0.29) is 5.91 Å². The summed E-state index contributed by atoms with van der Waals surface area (Å²) in [6.45, 7) is 5.13. The number of hydrogen-bond acceptors (Lipinski definition) is 2. The van der Waals surface area contributed by atoms with Crippen molar-refractivity contribution >= 4 is 11.6 Å². The highest BCUT2D eigenvalue weighted by atomic mass is 16.1. The van der Waals surface area contributed by atoms with Crippen molar-refractivity contribution in [1.82, 2.24) is 9.88 Å². The summed E-state index contributed by atoms with van der Waals surface area (Å²) >= 11 is 0. The number of rotatable bonds is 16. The molecule has 162 valence electrons. The number of quaternary nitrogens is 1. The standard InChI is InChI=1S/C23H44N4O/c1-6-7-8-9-10-11-12-13-14-15-17-27(4,5)18-16-25-23(28)22-19-21(24-2)20-26(22)3/h19-20,24H,6-18H2,1-5H3/p+1. The lowest BCUT2D eigenvalue weighted by atomic mass is 10.1. The molecular formula is C23H45N4O+. The Balaban J connectivity index is 2.10. The number of carbonyl (C=O) groups is 1. The minimum absolute atomic E-state index is 0.00272. The van der Waals surface area contributed by atoms with Crippen LogP contribution < -0.4 is 10.6 Å². The third-order valence-corrected chi connectivity index (χ3v) is 5.65. The molecule has 0 saturated heterocycles. The Kier molecular flexibility index (Phi) is 12.0. The first-order chi connectivity index (χ1) is 13.4. The van der Waals surface area contributed by atoms with E-state index in [1.807, 2.05) is 30.9 Å². The predicted octanol–water partition coefficient (Wildman–Crippen LogP) is 4.79. The van der Waals surface area contributed by atoms with Crippen LogP contribution in [0.1, 0.15) is 81.6 Å². The van der Waals surface area contributed by atoms with E-state index in [4.69, 9.17) is 0 Å². The lowest BCUT2D eigenvalue weighted by molar-refractivity contribution is -0.889. The number of carbonyl (C=O) groups excluding carboxylic acids is 1. The average molecular weight is 394 g/mol. The van der Waals surface area contributed by atoms with Gasteiger partial charge in [-0.2, -0.15) is 0 Å². The topological polar surface area (TPSA) is 46.1 Å². The number of nitrogens with zero attached hydrogens (tertiary/aromatic N) is 2. The summed E-state index contributed by atoms with van der Waals surface area (Å²) in [6.07, 6.45) is 15.7. The van der Waals surface area contributed by atoms with Crippen molar-refractivity contribution in [3.8, 4) is 0 Å². The van der Waals surface area contributed by atoms with Gasteiger partial charge in [0.2, 0.25) is 0 Å². The first kappa shape index (κ1) is 24.5. The monoisotopic (exact) mass is 393 g/mol. The third-order valence-electron chi connectivity index (χ3n) is 5.65. The molecule has 0 fully saturated rings. The van der Waals surface area contributed by atoms with Gasteiger partial charge in [-0.1, -0.05) is 58.3 Å². The zero-order valence-electron chi connectivity index (χ0n) is 19.1. The Bertz CT molecular complexity index is 551. The fraction of sp³-hybridized carbons (Fsp3) is 0.783. The van der Waals surface area contributed by atoms with Crippen LogP contribution in [0.2, 0.25) is 0 Å². The van der Waals surface area contributed by atoms with Gasteiger partial charge in [-0.25, -0.2) is 0 Å². The van der Waals surface area contributed by atoms with Crippen LogP contribution in [0.4, 0.5) is 5.69 Å². The van der Waals surface area contributed by atoms with E-state index in [0.29, 0.717) is 12.2 Å². The van der Waals surface area contributed by atoms with Gasteiger partial charge in [-0.3, -0.25) is 4.79 Å². The molecule has 0 aliphatic rings. The summed E-state index contributed by atoms with van der Waals surface area (Å²) in [6, 6.07) is 1.89. The molecule has 1 heterocycles. The van der Waals surface area contributed by atoms with Crippen molar-refractivity contribution in [2.45, 2.75) is 71.1 Å². The molecule has 0 unspecified atom stereocenters. The maximum Gasteiger partial charge on any atom is 0.268 e. The van der Waals surface area contributed by atoms with Crippen molar-refractivity contribution in [3.05, 3.63) is 18.0 Å².